The summed E-state index contributed by atoms with van der Waals surface area (Å²) >= 11 is 8.70. The van der Waals surface area contributed by atoms with Crippen LogP contribution in [0.4, 0.5) is 11.4 Å². The van der Waals surface area contributed by atoms with E-state index in [1.54, 1.807) is 23.9 Å². The number of halogens is 1. The van der Waals surface area contributed by atoms with Gasteiger partial charge in [-0.25, -0.2) is 0 Å². The van der Waals surface area contributed by atoms with Crippen LogP contribution in [0.15, 0.2) is 98.2 Å². The molecule has 1 aliphatic heterocycles. The van der Waals surface area contributed by atoms with Gasteiger partial charge in [0.05, 0.1) is 11.4 Å². The van der Waals surface area contributed by atoms with Crippen LogP contribution in [0.3, 0.4) is 0 Å². The number of hydrogen-bond acceptors (Lipinski definition) is 5. The van der Waals surface area contributed by atoms with Crippen molar-refractivity contribution in [1.82, 2.24) is 4.57 Å². The van der Waals surface area contributed by atoms with Gasteiger partial charge in [-0.05, 0) is 35.9 Å². The molecule has 5 nitrogen and oxygen atoms in total. The molecule has 0 saturated heterocycles. The second-order valence-electron chi connectivity index (χ2n) is 7.08. The number of aromatic nitrogens is 1. The topological polar surface area (TPSA) is 59.4 Å². The number of fused-ring (bicyclic) bond motifs is 2. The second-order valence-corrected chi connectivity index (χ2v) is 9.59. The van der Waals surface area contributed by atoms with Crippen molar-refractivity contribution in [2.75, 3.05) is 4.90 Å². The van der Waals surface area contributed by atoms with E-state index < -0.39 is 10.4 Å². The zero-order valence-electron chi connectivity index (χ0n) is 16.5. The van der Waals surface area contributed by atoms with Gasteiger partial charge in [-0.15, -0.1) is 0 Å². The third-order valence-corrected chi connectivity index (χ3v) is 7.36. The molecule has 0 fully saturated rings. The Morgan fingerprint density at radius 3 is 2.34 bits per heavy atom. The monoisotopic (exact) mass is 478 g/mol. The summed E-state index contributed by atoms with van der Waals surface area (Å²) in [6.07, 6.45) is 0. The molecule has 1 amide bonds. The Balaban J connectivity index is 1.55. The Labute approximate surface area is 196 Å². The van der Waals surface area contributed by atoms with Gasteiger partial charge in [0.15, 0.2) is 0 Å². The smallest absolute Gasteiger partial charge is 0.277 e. The lowest BCUT2D eigenvalue weighted by Gasteiger charge is -2.31. The van der Waals surface area contributed by atoms with Crippen LogP contribution < -0.4 is 15.3 Å². The van der Waals surface area contributed by atoms with Crippen LogP contribution in [0.1, 0.15) is 0 Å². The lowest BCUT2D eigenvalue weighted by atomic mass is 10.2. The van der Waals surface area contributed by atoms with Crippen molar-refractivity contribution in [3.8, 4) is 10.4 Å². The van der Waals surface area contributed by atoms with Crippen LogP contribution in [0, 0.1) is 0 Å². The number of anilines is 2. The molecule has 0 bridgehead atoms. The minimum atomic E-state index is -0.507. The van der Waals surface area contributed by atoms with Crippen molar-refractivity contribution in [1.29, 1.82) is 0 Å². The minimum Gasteiger partial charge on any atom is -0.277 e. The zero-order chi connectivity index (χ0) is 22.2. The van der Waals surface area contributed by atoms with E-state index in [0.717, 1.165) is 31.3 Å². The minimum absolute atomic E-state index is 0.367. The average molecular weight is 479 g/mol. The van der Waals surface area contributed by atoms with E-state index in [9.17, 15) is 14.4 Å². The fourth-order valence-corrected chi connectivity index (χ4v) is 5.62. The van der Waals surface area contributed by atoms with Gasteiger partial charge in [-0.1, -0.05) is 77.2 Å². The molecule has 0 unspecified atom stereocenters. The highest BCUT2D eigenvalue weighted by atomic mass is 35.5. The van der Waals surface area contributed by atoms with E-state index in [0.29, 0.717) is 21.3 Å². The first-order chi connectivity index (χ1) is 15.5. The number of amides is 1. The third-order valence-electron chi connectivity index (χ3n) is 5.03. The summed E-state index contributed by atoms with van der Waals surface area (Å²) in [7, 11) is 0. The Morgan fingerprint density at radius 1 is 0.844 bits per heavy atom. The molecule has 1 aliphatic rings. The predicted octanol–water partition coefficient (Wildman–Crippen LogP) is 5.42. The summed E-state index contributed by atoms with van der Waals surface area (Å²) in [5.74, 6) is -0.389. The highest BCUT2D eigenvalue weighted by molar-refractivity contribution is 7.99. The standard InChI is InChI=1S/C24H15ClN2O3S2/c25-16-10-11-20-18(12-16)27(17-8-4-5-9-19(17)31-20)23(29)14-26-22(28)13-21(32-24(26)30)15-6-2-1-3-7-15/h1-13H,14H2. The third kappa shape index (κ3) is 3.79. The van der Waals surface area contributed by atoms with Crippen molar-refractivity contribution in [2.45, 2.75) is 16.3 Å². The van der Waals surface area contributed by atoms with Crippen molar-refractivity contribution in [2.24, 2.45) is 0 Å². The van der Waals surface area contributed by atoms with Crippen LogP contribution in [0.5, 0.6) is 0 Å². The van der Waals surface area contributed by atoms with Crippen LogP contribution in [-0.2, 0) is 11.3 Å². The maximum atomic E-state index is 13.4. The Kier molecular flexibility index (Phi) is 5.46. The number of carbonyl (C=O) groups excluding carboxylic acids is 1. The van der Waals surface area contributed by atoms with Gasteiger partial charge in [-0.2, -0.15) is 0 Å². The molecule has 158 valence electrons. The van der Waals surface area contributed by atoms with Gasteiger partial charge < -0.3 is 0 Å². The first-order valence-electron chi connectivity index (χ1n) is 9.71. The van der Waals surface area contributed by atoms with Gasteiger partial charge >= 0.3 is 4.87 Å². The molecular weight excluding hydrogens is 464 g/mol. The van der Waals surface area contributed by atoms with Crippen LogP contribution in [-0.4, -0.2) is 10.5 Å². The van der Waals surface area contributed by atoms with E-state index >= 15 is 0 Å². The van der Waals surface area contributed by atoms with E-state index in [2.05, 4.69) is 0 Å². The van der Waals surface area contributed by atoms with Crippen LogP contribution in [0.2, 0.25) is 5.02 Å². The number of hydrogen-bond donors (Lipinski definition) is 0. The predicted molar refractivity (Wildman–Crippen MR) is 129 cm³/mol. The van der Waals surface area contributed by atoms with Crippen LogP contribution in [0.25, 0.3) is 10.4 Å². The molecule has 0 radical (unpaired) electrons. The van der Waals surface area contributed by atoms with E-state index in [1.165, 1.54) is 11.0 Å². The van der Waals surface area contributed by atoms with Gasteiger partial charge in [0.1, 0.15) is 6.54 Å². The van der Waals surface area contributed by atoms with Crippen molar-refractivity contribution < 1.29 is 4.79 Å². The molecule has 8 heteroatoms. The van der Waals surface area contributed by atoms with Gasteiger partial charge in [-0.3, -0.25) is 23.9 Å². The average Bonchev–Trinajstić information content (AvgIpc) is 2.80. The highest BCUT2D eigenvalue weighted by Crippen LogP contribution is 2.48. The Hall–Kier alpha value is -3.13. The normalized spacial score (nSPS) is 12.2. The van der Waals surface area contributed by atoms with E-state index in [4.69, 9.17) is 11.6 Å². The zero-order valence-corrected chi connectivity index (χ0v) is 18.9. The molecule has 4 aromatic rings. The fourth-order valence-electron chi connectivity index (χ4n) is 3.55. The summed E-state index contributed by atoms with van der Waals surface area (Å²) < 4.78 is 0.980. The maximum absolute atomic E-state index is 13.4. The molecule has 0 atom stereocenters. The molecule has 0 N–H and O–H groups in total. The first kappa shape index (κ1) is 20.8. The van der Waals surface area contributed by atoms with Gasteiger partial charge in [0.2, 0.25) is 0 Å². The number of para-hydroxylation sites is 1. The van der Waals surface area contributed by atoms with Crippen molar-refractivity contribution in [3.05, 3.63) is 104 Å². The molecule has 5 rings (SSSR count). The molecule has 0 spiro atoms. The summed E-state index contributed by atoms with van der Waals surface area (Å²) in [4.78, 5) is 42.4. The molecular formula is C24H15ClN2O3S2. The summed E-state index contributed by atoms with van der Waals surface area (Å²) in [6.45, 7) is -0.367. The Morgan fingerprint density at radius 2 is 1.56 bits per heavy atom. The number of rotatable bonds is 3. The summed E-state index contributed by atoms with van der Waals surface area (Å²) in [5, 5.41) is 0.498. The quantitative estimate of drug-likeness (QED) is 0.394. The number of carbonyl (C=O) groups is 1. The SMILES string of the molecule is O=C(Cn1c(=O)cc(-c2ccccc2)sc1=O)N1c2ccccc2Sc2ccc(Cl)cc21. The fraction of sp³-hybridized carbons (Fsp3) is 0.0417. The van der Waals surface area contributed by atoms with Crippen LogP contribution >= 0.6 is 34.7 Å². The van der Waals surface area contributed by atoms with E-state index in [1.807, 2.05) is 60.7 Å². The highest BCUT2D eigenvalue weighted by Gasteiger charge is 2.29. The Bertz CT molecular complexity index is 1430. The van der Waals surface area contributed by atoms with Crippen molar-refractivity contribution >= 4 is 52.0 Å². The molecule has 3 aromatic carbocycles. The van der Waals surface area contributed by atoms with Gasteiger partial charge in [0.25, 0.3) is 11.5 Å². The number of nitrogens with zero attached hydrogens (tertiary/aromatic N) is 2. The second kappa shape index (κ2) is 8.43. The molecule has 0 aliphatic carbocycles. The molecule has 1 aromatic heterocycles. The summed E-state index contributed by atoms with van der Waals surface area (Å²) in [5.41, 5.74) is 1.61. The maximum Gasteiger partial charge on any atom is 0.310 e. The van der Waals surface area contributed by atoms with Gasteiger partial charge in [0, 0.05) is 25.8 Å². The van der Waals surface area contributed by atoms with E-state index in [-0.39, 0.29) is 12.5 Å². The first-order valence-corrected chi connectivity index (χ1v) is 11.7. The molecule has 32 heavy (non-hydrogen) atoms. The molecule has 2 heterocycles. The molecule has 0 saturated carbocycles. The van der Waals surface area contributed by atoms with Crippen molar-refractivity contribution in [3.63, 3.8) is 0 Å². The lowest BCUT2D eigenvalue weighted by Crippen LogP contribution is -2.39. The summed E-state index contributed by atoms with van der Waals surface area (Å²) in [6, 6.07) is 23.5. The largest absolute Gasteiger partial charge is 0.310 e. The number of benzene rings is 3. The lowest BCUT2D eigenvalue weighted by molar-refractivity contribution is -0.118.